The normalized spacial score (nSPS) is 12.6. The lowest BCUT2D eigenvalue weighted by Gasteiger charge is -2.17. The van der Waals surface area contributed by atoms with Crippen molar-refractivity contribution in [3.63, 3.8) is 0 Å². The highest BCUT2D eigenvalue weighted by Crippen LogP contribution is 2.32. The van der Waals surface area contributed by atoms with Gasteiger partial charge >= 0.3 is 0 Å². The lowest BCUT2D eigenvalue weighted by molar-refractivity contribution is 0.415. The summed E-state index contributed by atoms with van der Waals surface area (Å²) in [5.74, 6) is 0.899. The molecule has 0 aliphatic heterocycles. The fraction of sp³-hybridized carbons (Fsp3) is 0.214. The Morgan fingerprint density at radius 1 is 0.839 bits per heavy atom. The Kier molecular flexibility index (Phi) is 5.13. The Hall–Kier alpha value is -3.30. The van der Waals surface area contributed by atoms with Crippen LogP contribution in [0.15, 0.2) is 78.9 Å². The van der Waals surface area contributed by atoms with Gasteiger partial charge in [0.05, 0.1) is 7.11 Å². The SMILES string of the molecule is CCn1c2ccc(CN[C@H](C)c3cccc4ccccc34)cc2c2cc(OC)ccc21. The van der Waals surface area contributed by atoms with Crippen LogP contribution in [0.25, 0.3) is 32.6 Å². The molecule has 4 aromatic carbocycles. The minimum atomic E-state index is 0.263. The van der Waals surface area contributed by atoms with Crippen LogP contribution in [-0.2, 0) is 13.1 Å². The van der Waals surface area contributed by atoms with E-state index in [9.17, 15) is 0 Å². The van der Waals surface area contributed by atoms with Crippen LogP contribution in [0, 0.1) is 0 Å². The molecular formula is C28H28N2O. The van der Waals surface area contributed by atoms with E-state index in [-0.39, 0.29) is 6.04 Å². The van der Waals surface area contributed by atoms with Crippen LogP contribution >= 0.6 is 0 Å². The average molecular weight is 409 g/mol. The molecule has 0 amide bonds. The fourth-order valence-corrected chi connectivity index (χ4v) is 4.72. The summed E-state index contributed by atoms with van der Waals surface area (Å²) >= 11 is 0. The summed E-state index contributed by atoms with van der Waals surface area (Å²) in [5.41, 5.74) is 5.16. The van der Waals surface area contributed by atoms with E-state index in [2.05, 4.69) is 96.5 Å². The van der Waals surface area contributed by atoms with Crippen LogP contribution in [0.2, 0.25) is 0 Å². The van der Waals surface area contributed by atoms with Crippen LogP contribution < -0.4 is 10.1 Å². The van der Waals surface area contributed by atoms with Gasteiger partial charge < -0.3 is 14.6 Å². The molecule has 0 unspecified atom stereocenters. The molecule has 5 rings (SSSR count). The first kappa shape index (κ1) is 19.7. The van der Waals surface area contributed by atoms with Gasteiger partial charge in [0.2, 0.25) is 0 Å². The third-order valence-corrected chi connectivity index (χ3v) is 6.35. The van der Waals surface area contributed by atoms with E-state index < -0.39 is 0 Å². The second-order valence-electron chi connectivity index (χ2n) is 8.15. The zero-order chi connectivity index (χ0) is 21.4. The Balaban J connectivity index is 1.47. The highest BCUT2D eigenvalue weighted by Gasteiger charge is 2.13. The van der Waals surface area contributed by atoms with Gasteiger partial charge in [0.15, 0.2) is 0 Å². The van der Waals surface area contributed by atoms with Crippen molar-refractivity contribution in [2.45, 2.75) is 33.0 Å². The molecule has 31 heavy (non-hydrogen) atoms. The number of benzene rings is 4. The Bertz CT molecular complexity index is 1380. The van der Waals surface area contributed by atoms with Gasteiger partial charge in [-0.25, -0.2) is 0 Å². The number of rotatable bonds is 6. The molecule has 3 nitrogen and oxygen atoms in total. The first-order chi connectivity index (χ1) is 15.2. The van der Waals surface area contributed by atoms with Crippen LogP contribution in [-0.4, -0.2) is 11.7 Å². The van der Waals surface area contributed by atoms with Crippen LogP contribution in [0.1, 0.15) is 31.0 Å². The molecule has 5 aromatic rings. The number of methoxy groups -OCH3 is 1. The van der Waals surface area contributed by atoms with Gasteiger partial charge in [-0.15, -0.1) is 0 Å². The Labute approximate surface area is 183 Å². The van der Waals surface area contributed by atoms with Crippen LogP contribution in [0.5, 0.6) is 5.75 Å². The van der Waals surface area contributed by atoms with Gasteiger partial charge in [-0.1, -0.05) is 48.5 Å². The molecule has 1 atom stereocenters. The van der Waals surface area contributed by atoms with E-state index in [1.165, 1.54) is 43.7 Å². The van der Waals surface area contributed by atoms with Gasteiger partial charge in [0, 0.05) is 40.9 Å². The standard InChI is InChI=1S/C28H28N2O/c1-4-30-27-14-12-20(16-25(27)26-17-22(31-3)13-15-28(26)30)18-29-19(2)23-11-7-9-21-8-5-6-10-24(21)23/h5-17,19,29H,4,18H2,1-3H3/t19-/m1/s1. The lowest BCUT2D eigenvalue weighted by atomic mass is 9.99. The molecule has 1 heterocycles. The van der Waals surface area contributed by atoms with E-state index >= 15 is 0 Å². The van der Waals surface area contributed by atoms with Crippen molar-refractivity contribution in [2.24, 2.45) is 0 Å². The number of nitrogens with zero attached hydrogens (tertiary/aromatic N) is 1. The van der Waals surface area contributed by atoms with Crippen molar-refractivity contribution in [1.82, 2.24) is 9.88 Å². The molecule has 1 aromatic heterocycles. The monoisotopic (exact) mass is 408 g/mol. The first-order valence-electron chi connectivity index (χ1n) is 11.0. The number of fused-ring (bicyclic) bond motifs is 4. The molecule has 0 aliphatic carbocycles. The average Bonchev–Trinajstić information content (AvgIpc) is 3.14. The molecule has 1 N–H and O–H groups in total. The summed E-state index contributed by atoms with van der Waals surface area (Å²) in [5, 5.41) is 8.87. The number of hydrogen-bond acceptors (Lipinski definition) is 2. The molecule has 0 radical (unpaired) electrons. The molecule has 0 saturated heterocycles. The topological polar surface area (TPSA) is 26.2 Å². The van der Waals surface area contributed by atoms with E-state index in [4.69, 9.17) is 4.74 Å². The maximum Gasteiger partial charge on any atom is 0.119 e. The summed E-state index contributed by atoms with van der Waals surface area (Å²) in [6, 6.07) is 28.6. The highest BCUT2D eigenvalue weighted by molar-refractivity contribution is 6.08. The quantitative estimate of drug-likeness (QED) is 0.333. The predicted octanol–water partition coefficient (Wildman–Crippen LogP) is 6.83. The molecule has 3 heteroatoms. The van der Waals surface area contributed by atoms with E-state index in [0.29, 0.717) is 0 Å². The smallest absolute Gasteiger partial charge is 0.119 e. The number of aryl methyl sites for hydroxylation is 1. The summed E-state index contributed by atoms with van der Waals surface area (Å²) in [4.78, 5) is 0. The van der Waals surface area contributed by atoms with Gasteiger partial charge in [0.25, 0.3) is 0 Å². The number of hydrogen-bond donors (Lipinski definition) is 1. The Morgan fingerprint density at radius 2 is 1.58 bits per heavy atom. The molecule has 0 spiro atoms. The predicted molar refractivity (Wildman–Crippen MR) is 131 cm³/mol. The zero-order valence-corrected chi connectivity index (χ0v) is 18.4. The van der Waals surface area contributed by atoms with Crippen molar-refractivity contribution >= 4 is 32.6 Å². The number of ether oxygens (including phenoxy) is 1. The highest BCUT2D eigenvalue weighted by atomic mass is 16.5. The van der Waals surface area contributed by atoms with Crippen LogP contribution in [0.3, 0.4) is 0 Å². The Morgan fingerprint density at radius 3 is 2.39 bits per heavy atom. The minimum Gasteiger partial charge on any atom is -0.497 e. The lowest BCUT2D eigenvalue weighted by Crippen LogP contribution is -2.18. The summed E-state index contributed by atoms with van der Waals surface area (Å²) in [6.45, 7) is 6.21. The second-order valence-corrected chi connectivity index (χ2v) is 8.15. The zero-order valence-electron chi connectivity index (χ0n) is 18.4. The van der Waals surface area contributed by atoms with Crippen LogP contribution in [0.4, 0.5) is 0 Å². The maximum atomic E-state index is 5.49. The molecule has 0 aliphatic rings. The molecule has 0 bridgehead atoms. The van der Waals surface area contributed by atoms with Crippen molar-refractivity contribution < 1.29 is 4.74 Å². The van der Waals surface area contributed by atoms with Gasteiger partial charge in [-0.05, 0) is 66.1 Å². The van der Waals surface area contributed by atoms with E-state index in [1.54, 1.807) is 7.11 Å². The van der Waals surface area contributed by atoms with E-state index in [1.807, 2.05) is 6.07 Å². The first-order valence-corrected chi connectivity index (χ1v) is 11.0. The van der Waals surface area contributed by atoms with Gasteiger partial charge in [-0.3, -0.25) is 0 Å². The van der Waals surface area contributed by atoms with Gasteiger partial charge in [0.1, 0.15) is 5.75 Å². The fourth-order valence-electron chi connectivity index (χ4n) is 4.72. The molecule has 156 valence electrons. The maximum absolute atomic E-state index is 5.49. The van der Waals surface area contributed by atoms with Gasteiger partial charge in [-0.2, -0.15) is 0 Å². The largest absolute Gasteiger partial charge is 0.497 e. The minimum absolute atomic E-state index is 0.263. The second kappa shape index (κ2) is 8.09. The molecule has 0 saturated carbocycles. The van der Waals surface area contributed by atoms with Crippen molar-refractivity contribution in [3.05, 3.63) is 90.0 Å². The number of aromatic nitrogens is 1. The molecular weight excluding hydrogens is 380 g/mol. The van der Waals surface area contributed by atoms with Crippen molar-refractivity contribution in [1.29, 1.82) is 0 Å². The summed E-state index contributed by atoms with van der Waals surface area (Å²) < 4.78 is 7.86. The number of nitrogens with one attached hydrogen (secondary N) is 1. The molecule has 0 fully saturated rings. The third kappa shape index (κ3) is 3.45. The summed E-state index contributed by atoms with van der Waals surface area (Å²) in [6.07, 6.45) is 0. The van der Waals surface area contributed by atoms with E-state index in [0.717, 1.165) is 18.8 Å². The third-order valence-electron chi connectivity index (χ3n) is 6.35. The summed E-state index contributed by atoms with van der Waals surface area (Å²) in [7, 11) is 1.73. The van der Waals surface area contributed by atoms with Crippen molar-refractivity contribution in [3.8, 4) is 5.75 Å². The van der Waals surface area contributed by atoms with Crippen molar-refractivity contribution in [2.75, 3.05) is 7.11 Å².